The number of fused-ring (bicyclic) bond motifs is 1. The molecule has 0 spiro atoms. The third kappa shape index (κ3) is 4.07. The van der Waals surface area contributed by atoms with Crippen molar-refractivity contribution in [3.05, 3.63) is 90.0 Å². The first-order valence-corrected chi connectivity index (χ1v) is 10.2. The summed E-state index contributed by atoms with van der Waals surface area (Å²) in [6, 6.07) is 23.4. The molecule has 3 aromatic carbocycles. The van der Waals surface area contributed by atoms with E-state index in [2.05, 4.69) is 5.32 Å². The second-order valence-corrected chi connectivity index (χ2v) is 7.67. The van der Waals surface area contributed by atoms with Gasteiger partial charge in [0.15, 0.2) is 0 Å². The fourth-order valence-corrected chi connectivity index (χ4v) is 4.02. The number of hydrogen-bond acceptors (Lipinski definition) is 4. The molecule has 0 unspecified atom stereocenters. The van der Waals surface area contributed by atoms with Crippen molar-refractivity contribution in [1.82, 2.24) is 0 Å². The molecule has 29 heavy (non-hydrogen) atoms. The van der Waals surface area contributed by atoms with Gasteiger partial charge in [0.1, 0.15) is 0 Å². The number of benzene rings is 3. The summed E-state index contributed by atoms with van der Waals surface area (Å²) in [6.45, 7) is 0. The Bertz CT molecular complexity index is 1050. The summed E-state index contributed by atoms with van der Waals surface area (Å²) < 4.78 is 0. The molecular formula is C23H18N2O3S. The lowest BCUT2D eigenvalue weighted by atomic mass is 10.1. The minimum absolute atomic E-state index is 0.118. The average molecular weight is 402 g/mol. The standard InChI is InChI=1S/C23H18N2O3S/c26-21(13-14-29-18-9-2-1-3-10-18)24-16-7-6-8-17(15-16)25-22(27)19-11-4-5-12-20(19)23(25)28/h1-12,15H,13-14H2,(H,24,26). The van der Waals surface area contributed by atoms with Gasteiger partial charge in [0.25, 0.3) is 11.8 Å². The SMILES string of the molecule is O=C(CCSc1ccccc1)Nc1cccc(N2C(=O)c3ccccc3C2=O)c1. The lowest BCUT2D eigenvalue weighted by molar-refractivity contribution is -0.115. The van der Waals surface area contributed by atoms with Crippen LogP contribution in [0.3, 0.4) is 0 Å². The second kappa shape index (κ2) is 8.32. The van der Waals surface area contributed by atoms with E-state index in [9.17, 15) is 14.4 Å². The molecule has 0 aliphatic carbocycles. The number of carbonyl (C=O) groups excluding carboxylic acids is 3. The van der Waals surface area contributed by atoms with E-state index in [1.807, 2.05) is 30.3 Å². The highest BCUT2D eigenvalue weighted by Gasteiger charge is 2.36. The van der Waals surface area contributed by atoms with Crippen LogP contribution in [-0.2, 0) is 4.79 Å². The third-order valence-corrected chi connectivity index (χ3v) is 5.54. The predicted octanol–water partition coefficient (Wildman–Crippen LogP) is 4.61. The van der Waals surface area contributed by atoms with E-state index in [1.54, 1.807) is 60.3 Å². The quantitative estimate of drug-likeness (QED) is 0.483. The molecular weight excluding hydrogens is 384 g/mol. The Labute approximate surface area is 172 Å². The van der Waals surface area contributed by atoms with Crippen LogP contribution in [0.25, 0.3) is 0 Å². The van der Waals surface area contributed by atoms with Crippen LogP contribution in [0.5, 0.6) is 0 Å². The van der Waals surface area contributed by atoms with Crippen molar-refractivity contribution in [3.63, 3.8) is 0 Å². The molecule has 0 aromatic heterocycles. The molecule has 6 heteroatoms. The molecule has 3 aromatic rings. The molecule has 1 heterocycles. The molecule has 0 radical (unpaired) electrons. The molecule has 3 amide bonds. The molecule has 0 saturated heterocycles. The summed E-state index contributed by atoms with van der Waals surface area (Å²) in [5, 5.41) is 2.84. The summed E-state index contributed by atoms with van der Waals surface area (Å²) in [5.74, 6) is -0.164. The van der Waals surface area contributed by atoms with Crippen molar-refractivity contribution in [3.8, 4) is 0 Å². The van der Waals surface area contributed by atoms with E-state index in [1.165, 1.54) is 0 Å². The monoisotopic (exact) mass is 402 g/mol. The highest BCUT2D eigenvalue weighted by molar-refractivity contribution is 7.99. The fourth-order valence-electron chi connectivity index (χ4n) is 3.15. The number of thioether (sulfide) groups is 1. The lowest BCUT2D eigenvalue weighted by Crippen LogP contribution is -2.29. The Morgan fingerprint density at radius 3 is 2.17 bits per heavy atom. The summed E-state index contributed by atoms with van der Waals surface area (Å²) in [6.07, 6.45) is 0.358. The van der Waals surface area contributed by atoms with Crippen LogP contribution in [0.1, 0.15) is 27.1 Å². The zero-order chi connectivity index (χ0) is 20.2. The maximum absolute atomic E-state index is 12.6. The van der Waals surface area contributed by atoms with E-state index in [4.69, 9.17) is 0 Å². The van der Waals surface area contributed by atoms with E-state index < -0.39 is 0 Å². The first-order chi connectivity index (χ1) is 14.1. The summed E-state index contributed by atoms with van der Waals surface area (Å²) in [5.41, 5.74) is 1.77. The van der Waals surface area contributed by atoms with Crippen LogP contribution in [0.15, 0.2) is 83.8 Å². The third-order valence-electron chi connectivity index (χ3n) is 4.52. The summed E-state index contributed by atoms with van der Waals surface area (Å²) >= 11 is 1.62. The van der Waals surface area contributed by atoms with Gasteiger partial charge in [-0.15, -0.1) is 11.8 Å². The van der Waals surface area contributed by atoms with E-state index in [-0.39, 0.29) is 17.7 Å². The lowest BCUT2D eigenvalue weighted by Gasteiger charge is -2.15. The van der Waals surface area contributed by atoms with Crippen molar-refractivity contribution in [1.29, 1.82) is 0 Å². The Morgan fingerprint density at radius 2 is 1.48 bits per heavy atom. The molecule has 1 aliphatic heterocycles. The molecule has 1 N–H and O–H groups in total. The maximum atomic E-state index is 12.6. The van der Waals surface area contributed by atoms with Gasteiger partial charge in [-0.05, 0) is 42.5 Å². The molecule has 0 bridgehead atoms. The topological polar surface area (TPSA) is 66.5 Å². The predicted molar refractivity (Wildman–Crippen MR) is 114 cm³/mol. The number of nitrogens with one attached hydrogen (secondary N) is 1. The number of imide groups is 1. The van der Waals surface area contributed by atoms with Crippen molar-refractivity contribution in [2.75, 3.05) is 16.0 Å². The van der Waals surface area contributed by atoms with Gasteiger partial charge < -0.3 is 5.32 Å². The van der Waals surface area contributed by atoms with Crippen molar-refractivity contribution in [2.45, 2.75) is 11.3 Å². The Hall–Kier alpha value is -3.38. The number of nitrogens with zero attached hydrogens (tertiary/aromatic N) is 1. The second-order valence-electron chi connectivity index (χ2n) is 6.50. The van der Waals surface area contributed by atoms with Crippen LogP contribution in [-0.4, -0.2) is 23.5 Å². The van der Waals surface area contributed by atoms with Gasteiger partial charge in [0, 0.05) is 22.8 Å². The van der Waals surface area contributed by atoms with Crippen molar-refractivity contribution in [2.24, 2.45) is 0 Å². The van der Waals surface area contributed by atoms with Crippen molar-refractivity contribution >= 4 is 40.9 Å². The first kappa shape index (κ1) is 19.0. The molecule has 0 fully saturated rings. The Kier molecular flexibility index (Phi) is 5.44. The van der Waals surface area contributed by atoms with Gasteiger partial charge in [-0.25, -0.2) is 4.90 Å². The molecule has 144 valence electrons. The first-order valence-electron chi connectivity index (χ1n) is 9.19. The van der Waals surface area contributed by atoms with Crippen LogP contribution >= 0.6 is 11.8 Å². The van der Waals surface area contributed by atoms with Crippen LogP contribution in [0, 0.1) is 0 Å². The molecule has 5 nitrogen and oxygen atoms in total. The Balaban J connectivity index is 1.41. The number of hydrogen-bond donors (Lipinski definition) is 1. The maximum Gasteiger partial charge on any atom is 0.266 e. The molecule has 1 aliphatic rings. The van der Waals surface area contributed by atoms with Gasteiger partial charge in [-0.1, -0.05) is 36.4 Å². The van der Waals surface area contributed by atoms with E-state index >= 15 is 0 Å². The fraction of sp³-hybridized carbons (Fsp3) is 0.0870. The number of carbonyl (C=O) groups is 3. The normalized spacial score (nSPS) is 12.8. The van der Waals surface area contributed by atoms with Crippen LogP contribution in [0.4, 0.5) is 11.4 Å². The minimum Gasteiger partial charge on any atom is -0.326 e. The molecule has 0 atom stereocenters. The zero-order valence-corrected chi connectivity index (χ0v) is 16.3. The number of rotatable bonds is 6. The van der Waals surface area contributed by atoms with Gasteiger partial charge in [0.2, 0.25) is 5.91 Å². The van der Waals surface area contributed by atoms with Gasteiger partial charge in [-0.3, -0.25) is 14.4 Å². The minimum atomic E-state index is -0.353. The van der Waals surface area contributed by atoms with E-state index in [0.717, 1.165) is 9.80 Å². The van der Waals surface area contributed by atoms with Crippen LogP contribution in [0.2, 0.25) is 0 Å². The average Bonchev–Trinajstić information content (AvgIpc) is 3.00. The molecule has 4 rings (SSSR count). The highest BCUT2D eigenvalue weighted by Crippen LogP contribution is 2.29. The number of anilines is 2. The molecule has 0 saturated carbocycles. The van der Waals surface area contributed by atoms with Gasteiger partial charge in [-0.2, -0.15) is 0 Å². The van der Waals surface area contributed by atoms with Crippen molar-refractivity contribution < 1.29 is 14.4 Å². The van der Waals surface area contributed by atoms with Gasteiger partial charge >= 0.3 is 0 Å². The van der Waals surface area contributed by atoms with Crippen LogP contribution < -0.4 is 10.2 Å². The van der Waals surface area contributed by atoms with E-state index in [0.29, 0.717) is 34.7 Å². The summed E-state index contributed by atoms with van der Waals surface area (Å²) in [4.78, 5) is 39.8. The summed E-state index contributed by atoms with van der Waals surface area (Å²) in [7, 11) is 0. The largest absolute Gasteiger partial charge is 0.326 e. The Morgan fingerprint density at radius 1 is 0.828 bits per heavy atom. The smallest absolute Gasteiger partial charge is 0.266 e. The zero-order valence-electron chi connectivity index (χ0n) is 15.5. The number of amides is 3. The van der Waals surface area contributed by atoms with Gasteiger partial charge in [0.05, 0.1) is 16.8 Å². The highest BCUT2D eigenvalue weighted by atomic mass is 32.2.